The van der Waals surface area contributed by atoms with Gasteiger partial charge in [0.1, 0.15) is 17.1 Å². The van der Waals surface area contributed by atoms with Crippen LogP contribution < -0.4 is 10.1 Å². The van der Waals surface area contributed by atoms with Crippen molar-refractivity contribution in [1.29, 1.82) is 0 Å². The number of ether oxygens (including phenoxy) is 3. The number of esters is 1. The Bertz CT molecular complexity index is 944. The van der Waals surface area contributed by atoms with Gasteiger partial charge in [0.2, 0.25) is 0 Å². The van der Waals surface area contributed by atoms with Crippen molar-refractivity contribution < 1.29 is 28.2 Å². The van der Waals surface area contributed by atoms with Gasteiger partial charge in [0.15, 0.2) is 0 Å². The van der Waals surface area contributed by atoms with Crippen LogP contribution in [0.25, 0.3) is 0 Å². The van der Waals surface area contributed by atoms with Crippen LogP contribution in [0.2, 0.25) is 0 Å². The molecule has 0 unspecified atom stereocenters. The van der Waals surface area contributed by atoms with Gasteiger partial charge in [0, 0.05) is 38.8 Å². The number of halogens is 1. The zero-order valence-corrected chi connectivity index (χ0v) is 18.6. The molecule has 0 saturated carbocycles. The lowest BCUT2D eigenvalue weighted by atomic mass is 10.1. The predicted molar refractivity (Wildman–Crippen MR) is 116 cm³/mol. The Morgan fingerprint density at radius 2 is 2.12 bits per heavy atom. The molecule has 0 saturated heterocycles. The number of aryl methyl sites for hydroxylation is 2. The lowest BCUT2D eigenvalue weighted by molar-refractivity contribution is 0.0490. The fraction of sp³-hybridized carbons (Fsp3) is 0.522. The van der Waals surface area contributed by atoms with Gasteiger partial charge >= 0.3 is 5.97 Å². The number of fused-ring (bicyclic) bond motifs is 1. The second kappa shape index (κ2) is 11.6. The Labute approximate surface area is 187 Å². The fourth-order valence-electron chi connectivity index (χ4n) is 3.70. The SMILES string of the molecule is CCc1nn(CCCOC(=O)c2ccc(F)cc2OC)c2c1C(=O)NCCCOCCC2. The van der Waals surface area contributed by atoms with Crippen LogP contribution in [0.5, 0.6) is 5.75 Å². The van der Waals surface area contributed by atoms with E-state index in [1.807, 2.05) is 11.6 Å². The van der Waals surface area contributed by atoms with E-state index in [4.69, 9.17) is 14.2 Å². The van der Waals surface area contributed by atoms with Gasteiger partial charge in [-0.25, -0.2) is 9.18 Å². The number of rotatable bonds is 7. The number of nitrogens with one attached hydrogen (secondary N) is 1. The van der Waals surface area contributed by atoms with Crippen molar-refractivity contribution in [3.05, 3.63) is 46.5 Å². The quantitative estimate of drug-likeness (QED) is 0.518. The highest BCUT2D eigenvalue weighted by Crippen LogP contribution is 2.21. The standard InChI is InChI=1S/C23H30FN3O5/c1-3-18-21-19(7-4-12-31-13-5-10-25-22(21)28)27(26-18)11-6-14-32-23(29)17-9-8-16(24)15-20(17)30-2/h8-9,15H,3-7,10-14H2,1-2H3,(H,25,28). The molecule has 0 bridgehead atoms. The first-order valence-electron chi connectivity index (χ1n) is 11.0. The zero-order valence-electron chi connectivity index (χ0n) is 18.6. The van der Waals surface area contributed by atoms with Crippen LogP contribution in [0.1, 0.15) is 58.3 Å². The number of nitrogens with zero attached hydrogens (tertiary/aromatic N) is 2. The summed E-state index contributed by atoms with van der Waals surface area (Å²) in [6, 6.07) is 3.68. The minimum atomic E-state index is -0.576. The van der Waals surface area contributed by atoms with E-state index >= 15 is 0 Å². The first kappa shape index (κ1) is 23.7. The molecule has 1 N–H and O–H groups in total. The van der Waals surface area contributed by atoms with E-state index in [0.717, 1.165) is 30.3 Å². The number of carbonyl (C=O) groups is 2. The molecule has 2 aromatic rings. The Morgan fingerprint density at radius 3 is 2.91 bits per heavy atom. The summed E-state index contributed by atoms with van der Waals surface area (Å²) in [6.45, 7) is 4.47. The molecule has 1 aliphatic heterocycles. The van der Waals surface area contributed by atoms with E-state index in [9.17, 15) is 14.0 Å². The Hall–Kier alpha value is -2.94. The summed E-state index contributed by atoms with van der Waals surface area (Å²) in [7, 11) is 1.37. The molecule has 0 atom stereocenters. The molecule has 2 heterocycles. The van der Waals surface area contributed by atoms with Gasteiger partial charge in [0.05, 0.1) is 30.7 Å². The van der Waals surface area contributed by atoms with E-state index in [0.29, 0.717) is 51.1 Å². The van der Waals surface area contributed by atoms with Crippen molar-refractivity contribution in [2.45, 2.75) is 45.6 Å². The van der Waals surface area contributed by atoms with Crippen molar-refractivity contribution in [2.75, 3.05) is 33.5 Å². The highest BCUT2D eigenvalue weighted by Gasteiger charge is 2.23. The number of hydrogen-bond acceptors (Lipinski definition) is 6. The van der Waals surface area contributed by atoms with Gasteiger partial charge in [-0.3, -0.25) is 9.48 Å². The van der Waals surface area contributed by atoms with E-state index in [1.54, 1.807) is 0 Å². The van der Waals surface area contributed by atoms with Crippen LogP contribution >= 0.6 is 0 Å². The Kier molecular flexibility index (Phi) is 8.61. The highest BCUT2D eigenvalue weighted by atomic mass is 19.1. The maximum atomic E-state index is 13.3. The van der Waals surface area contributed by atoms with Crippen LogP contribution in [-0.2, 0) is 28.9 Å². The Balaban J connectivity index is 1.66. The monoisotopic (exact) mass is 447 g/mol. The van der Waals surface area contributed by atoms with Crippen molar-refractivity contribution in [3.63, 3.8) is 0 Å². The minimum absolute atomic E-state index is 0.0974. The third kappa shape index (κ3) is 5.85. The third-order valence-corrected chi connectivity index (χ3v) is 5.28. The average Bonchev–Trinajstić information content (AvgIpc) is 3.13. The number of aromatic nitrogens is 2. The fourth-order valence-corrected chi connectivity index (χ4v) is 3.70. The smallest absolute Gasteiger partial charge is 0.341 e. The van der Waals surface area contributed by atoms with Crippen LogP contribution in [0.4, 0.5) is 4.39 Å². The van der Waals surface area contributed by atoms with Crippen molar-refractivity contribution >= 4 is 11.9 Å². The molecule has 1 aromatic heterocycles. The molecule has 174 valence electrons. The van der Waals surface area contributed by atoms with Crippen molar-refractivity contribution in [1.82, 2.24) is 15.1 Å². The van der Waals surface area contributed by atoms with Crippen LogP contribution in [0, 0.1) is 5.82 Å². The zero-order chi connectivity index (χ0) is 22.9. The van der Waals surface area contributed by atoms with Crippen molar-refractivity contribution in [3.8, 4) is 5.75 Å². The van der Waals surface area contributed by atoms with E-state index < -0.39 is 11.8 Å². The Morgan fingerprint density at radius 1 is 1.31 bits per heavy atom. The van der Waals surface area contributed by atoms with Gasteiger partial charge in [-0.2, -0.15) is 5.10 Å². The largest absolute Gasteiger partial charge is 0.496 e. The van der Waals surface area contributed by atoms with E-state index in [2.05, 4.69) is 10.4 Å². The second-order valence-corrected chi connectivity index (χ2v) is 7.50. The maximum Gasteiger partial charge on any atom is 0.341 e. The summed E-state index contributed by atoms with van der Waals surface area (Å²) in [6.07, 6.45) is 3.43. The van der Waals surface area contributed by atoms with Gasteiger partial charge < -0.3 is 19.5 Å². The first-order chi connectivity index (χ1) is 15.5. The molecule has 0 spiro atoms. The molecule has 9 heteroatoms. The van der Waals surface area contributed by atoms with Crippen LogP contribution in [0.3, 0.4) is 0 Å². The summed E-state index contributed by atoms with van der Waals surface area (Å²) in [5.74, 6) is -1.03. The average molecular weight is 448 g/mol. The molecule has 32 heavy (non-hydrogen) atoms. The first-order valence-corrected chi connectivity index (χ1v) is 11.0. The normalized spacial score (nSPS) is 14.8. The number of methoxy groups -OCH3 is 1. The summed E-state index contributed by atoms with van der Waals surface area (Å²) in [5.41, 5.74) is 2.48. The van der Waals surface area contributed by atoms with Gasteiger partial charge in [-0.05, 0) is 37.8 Å². The molecular formula is C23H30FN3O5. The molecular weight excluding hydrogens is 417 g/mol. The molecule has 0 radical (unpaired) electrons. The van der Waals surface area contributed by atoms with Crippen LogP contribution in [-0.4, -0.2) is 55.1 Å². The maximum absolute atomic E-state index is 13.3. The highest BCUT2D eigenvalue weighted by molar-refractivity contribution is 5.96. The molecule has 1 aromatic carbocycles. The van der Waals surface area contributed by atoms with E-state index in [1.165, 1.54) is 19.2 Å². The summed E-state index contributed by atoms with van der Waals surface area (Å²) >= 11 is 0. The molecule has 1 amide bonds. The van der Waals surface area contributed by atoms with Crippen LogP contribution in [0.15, 0.2) is 18.2 Å². The number of benzene rings is 1. The number of carbonyl (C=O) groups excluding carboxylic acids is 2. The van der Waals surface area contributed by atoms with Gasteiger partial charge in [-0.1, -0.05) is 6.92 Å². The molecule has 0 aliphatic carbocycles. The molecule has 3 rings (SSSR count). The number of hydrogen-bond donors (Lipinski definition) is 1. The summed E-state index contributed by atoms with van der Waals surface area (Å²) in [4.78, 5) is 25.1. The second-order valence-electron chi connectivity index (χ2n) is 7.50. The van der Waals surface area contributed by atoms with Crippen molar-refractivity contribution in [2.24, 2.45) is 0 Å². The molecule has 1 aliphatic rings. The molecule has 0 fully saturated rings. The topological polar surface area (TPSA) is 91.7 Å². The lowest BCUT2D eigenvalue weighted by Crippen LogP contribution is -2.26. The lowest BCUT2D eigenvalue weighted by Gasteiger charge is -2.11. The predicted octanol–water partition coefficient (Wildman–Crippen LogP) is 2.92. The minimum Gasteiger partial charge on any atom is -0.496 e. The third-order valence-electron chi connectivity index (χ3n) is 5.28. The summed E-state index contributed by atoms with van der Waals surface area (Å²) < 4.78 is 31.2. The van der Waals surface area contributed by atoms with Gasteiger partial charge in [0.25, 0.3) is 5.91 Å². The molecule has 8 nitrogen and oxygen atoms in total. The summed E-state index contributed by atoms with van der Waals surface area (Å²) in [5, 5.41) is 7.61. The van der Waals surface area contributed by atoms with E-state index in [-0.39, 0.29) is 23.8 Å². The number of amides is 1. The van der Waals surface area contributed by atoms with Gasteiger partial charge in [-0.15, -0.1) is 0 Å².